The lowest BCUT2D eigenvalue weighted by Crippen LogP contribution is -2.23. The van der Waals surface area contributed by atoms with Gasteiger partial charge in [-0.3, -0.25) is 0 Å². The van der Waals surface area contributed by atoms with E-state index in [0.717, 1.165) is 17.0 Å². The van der Waals surface area contributed by atoms with Crippen molar-refractivity contribution < 1.29 is 0 Å². The molecule has 1 aliphatic heterocycles. The lowest BCUT2D eigenvalue weighted by molar-refractivity contribution is 0.488. The molecule has 1 nitrogen and oxygen atoms in total. The normalized spacial score (nSPS) is 28.3. The van der Waals surface area contributed by atoms with Crippen LogP contribution in [0, 0.1) is 0 Å². The molecule has 16 heavy (non-hydrogen) atoms. The Morgan fingerprint density at radius 3 is 3.06 bits per heavy atom. The maximum atomic E-state index is 6.09. The molecule has 1 saturated heterocycles. The fourth-order valence-corrected chi connectivity index (χ4v) is 3.39. The van der Waals surface area contributed by atoms with Crippen LogP contribution in [0.2, 0.25) is 5.02 Å². The van der Waals surface area contributed by atoms with Crippen LogP contribution < -0.4 is 5.32 Å². The average Bonchev–Trinajstić information content (AvgIpc) is 2.90. The van der Waals surface area contributed by atoms with Crippen molar-refractivity contribution in [1.82, 2.24) is 5.32 Å². The zero-order chi connectivity index (χ0) is 11.0. The molecule has 2 heteroatoms. The van der Waals surface area contributed by atoms with E-state index in [-0.39, 0.29) is 0 Å². The summed E-state index contributed by atoms with van der Waals surface area (Å²) in [5.74, 6) is 0.740. The quantitative estimate of drug-likeness (QED) is 0.827. The Balaban J connectivity index is 1.77. The Hall–Kier alpha value is -0.530. The number of benzene rings is 1. The minimum atomic E-state index is 0.740. The molecule has 2 unspecified atom stereocenters. The first-order valence-corrected chi connectivity index (χ1v) is 6.72. The van der Waals surface area contributed by atoms with Crippen LogP contribution in [0.15, 0.2) is 18.2 Å². The van der Waals surface area contributed by atoms with Crippen LogP contribution in [0.25, 0.3) is 0 Å². The van der Waals surface area contributed by atoms with Gasteiger partial charge in [0.05, 0.1) is 0 Å². The molecular formula is C14H18ClN. The Morgan fingerprint density at radius 1 is 1.31 bits per heavy atom. The van der Waals surface area contributed by atoms with E-state index in [9.17, 15) is 0 Å². The molecule has 1 heterocycles. The van der Waals surface area contributed by atoms with Gasteiger partial charge in [-0.1, -0.05) is 17.7 Å². The number of rotatable bonds is 2. The van der Waals surface area contributed by atoms with Gasteiger partial charge in [-0.15, -0.1) is 0 Å². The minimum Gasteiger partial charge on any atom is -0.314 e. The number of halogens is 1. The highest BCUT2D eigenvalue weighted by Gasteiger charge is 2.26. The second kappa shape index (κ2) is 4.38. The minimum absolute atomic E-state index is 0.740. The highest BCUT2D eigenvalue weighted by molar-refractivity contribution is 6.30. The van der Waals surface area contributed by atoms with E-state index in [2.05, 4.69) is 17.4 Å². The summed E-state index contributed by atoms with van der Waals surface area (Å²) in [7, 11) is 0. The van der Waals surface area contributed by atoms with Gasteiger partial charge in [0, 0.05) is 11.1 Å². The van der Waals surface area contributed by atoms with Gasteiger partial charge in [-0.25, -0.2) is 0 Å². The molecule has 1 aliphatic carbocycles. The summed E-state index contributed by atoms with van der Waals surface area (Å²) in [5, 5.41) is 4.49. The number of hydrogen-bond acceptors (Lipinski definition) is 1. The number of fused-ring (bicyclic) bond motifs is 1. The van der Waals surface area contributed by atoms with E-state index >= 15 is 0 Å². The molecule has 0 radical (unpaired) electrons. The molecule has 0 amide bonds. The van der Waals surface area contributed by atoms with Crippen molar-refractivity contribution in [2.45, 2.75) is 44.1 Å². The van der Waals surface area contributed by atoms with Crippen molar-refractivity contribution in [2.75, 3.05) is 6.54 Å². The van der Waals surface area contributed by atoms with E-state index in [1.54, 1.807) is 0 Å². The molecule has 0 bridgehead atoms. The Morgan fingerprint density at radius 2 is 2.25 bits per heavy atom. The molecule has 3 rings (SSSR count). The highest BCUT2D eigenvalue weighted by atomic mass is 35.5. The summed E-state index contributed by atoms with van der Waals surface area (Å²) in [4.78, 5) is 0. The zero-order valence-corrected chi connectivity index (χ0v) is 10.3. The van der Waals surface area contributed by atoms with E-state index < -0.39 is 0 Å². The third-order valence-electron chi connectivity index (χ3n) is 4.04. The first kappa shape index (κ1) is 10.6. The largest absolute Gasteiger partial charge is 0.314 e. The topological polar surface area (TPSA) is 12.0 Å². The molecule has 0 aromatic heterocycles. The van der Waals surface area contributed by atoms with Crippen LogP contribution >= 0.6 is 11.6 Å². The van der Waals surface area contributed by atoms with Crippen molar-refractivity contribution in [2.24, 2.45) is 0 Å². The Bertz CT molecular complexity index is 382. The van der Waals surface area contributed by atoms with Gasteiger partial charge in [-0.05, 0) is 67.8 Å². The van der Waals surface area contributed by atoms with Crippen LogP contribution in [-0.2, 0) is 6.42 Å². The smallest absolute Gasteiger partial charge is 0.0409 e. The van der Waals surface area contributed by atoms with E-state index in [0.29, 0.717) is 0 Å². The van der Waals surface area contributed by atoms with Crippen molar-refractivity contribution in [3.63, 3.8) is 0 Å². The molecular weight excluding hydrogens is 218 g/mol. The Kier molecular flexibility index (Phi) is 2.91. The highest BCUT2D eigenvalue weighted by Crippen LogP contribution is 2.38. The molecule has 86 valence electrons. The van der Waals surface area contributed by atoms with Gasteiger partial charge in [0.25, 0.3) is 0 Å². The van der Waals surface area contributed by atoms with Crippen LogP contribution in [0.1, 0.15) is 42.7 Å². The predicted molar refractivity (Wildman–Crippen MR) is 68.2 cm³/mol. The van der Waals surface area contributed by atoms with Crippen molar-refractivity contribution >= 4 is 11.6 Å². The van der Waals surface area contributed by atoms with Crippen molar-refractivity contribution in [3.8, 4) is 0 Å². The second-order valence-electron chi connectivity index (χ2n) is 5.11. The molecule has 1 fully saturated rings. The summed E-state index contributed by atoms with van der Waals surface area (Å²) in [5.41, 5.74) is 3.04. The maximum absolute atomic E-state index is 6.09. The third kappa shape index (κ3) is 1.99. The van der Waals surface area contributed by atoms with Gasteiger partial charge in [0.1, 0.15) is 0 Å². The van der Waals surface area contributed by atoms with Crippen LogP contribution in [0.4, 0.5) is 0 Å². The van der Waals surface area contributed by atoms with Crippen LogP contribution in [0.3, 0.4) is 0 Å². The maximum Gasteiger partial charge on any atom is 0.0409 e. The summed E-state index contributed by atoms with van der Waals surface area (Å²) >= 11 is 6.09. The standard InChI is InChI=1S/C14H18ClN/c15-12-6-5-10-3-4-11(14(10)9-12)8-13-2-1-7-16-13/h5-6,9,11,13,16H,1-4,7-8H2. The first-order chi connectivity index (χ1) is 7.83. The van der Waals surface area contributed by atoms with Crippen LogP contribution in [-0.4, -0.2) is 12.6 Å². The number of hydrogen-bond donors (Lipinski definition) is 1. The molecule has 1 aromatic rings. The average molecular weight is 236 g/mol. The van der Waals surface area contributed by atoms with E-state index in [4.69, 9.17) is 11.6 Å². The van der Waals surface area contributed by atoms with Gasteiger partial charge >= 0.3 is 0 Å². The third-order valence-corrected chi connectivity index (χ3v) is 4.28. The predicted octanol–water partition coefficient (Wildman–Crippen LogP) is 3.51. The van der Waals surface area contributed by atoms with Crippen molar-refractivity contribution in [1.29, 1.82) is 0 Å². The lowest BCUT2D eigenvalue weighted by atomic mass is 9.93. The summed E-state index contributed by atoms with van der Waals surface area (Å²) < 4.78 is 0. The summed E-state index contributed by atoms with van der Waals surface area (Å²) in [6.45, 7) is 1.21. The molecule has 0 saturated carbocycles. The molecule has 0 spiro atoms. The lowest BCUT2D eigenvalue weighted by Gasteiger charge is -2.17. The van der Waals surface area contributed by atoms with E-state index in [1.165, 1.54) is 49.8 Å². The molecule has 2 aliphatic rings. The summed E-state index contributed by atoms with van der Waals surface area (Å²) in [6.07, 6.45) is 6.55. The fourth-order valence-electron chi connectivity index (χ4n) is 3.20. The zero-order valence-electron chi connectivity index (χ0n) is 9.51. The monoisotopic (exact) mass is 235 g/mol. The Labute approximate surface area is 102 Å². The van der Waals surface area contributed by atoms with E-state index in [1.807, 2.05) is 6.07 Å². The first-order valence-electron chi connectivity index (χ1n) is 6.34. The van der Waals surface area contributed by atoms with Gasteiger partial charge in [-0.2, -0.15) is 0 Å². The molecule has 2 atom stereocenters. The van der Waals surface area contributed by atoms with Crippen LogP contribution in [0.5, 0.6) is 0 Å². The fraction of sp³-hybridized carbons (Fsp3) is 0.571. The number of nitrogens with one attached hydrogen (secondary N) is 1. The van der Waals surface area contributed by atoms with Crippen molar-refractivity contribution in [3.05, 3.63) is 34.3 Å². The van der Waals surface area contributed by atoms with Gasteiger partial charge in [0.15, 0.2) is 0 Å². The second-order valence-corrected chi connectivity index (χ2v) is 5.54. The van der Waals surface area contributed by atoms with Gasteiger partial charge in [0.2, 0.25) is 0 Å². The molecule has 1 aromatic carbocycles. The number of aryl methyl sites for hydroxylation is 1. The molecule has 1 N–H and O–H groups in total. The van der Waals surface area contributed by atoms with Gasteiger partial charge < -0.3 is 5.32 Å². The SMILES string of the molecule is Clc1ccc2c(c1)C(CC1CCCN1)CC2. The summed E-state index contributed by atoms with van der Waals surface area (Å²) in [6, 6.07) is 7.16.